The van der Waals surface area contributed by atoms with Crippen molar-refractivity contribution in [3.63, 3.8) is 0 Å². The van der Waals surface area contributed by atoms with Crippen molar-refractivity contribution in [3.05, 3.63) is 46.0 Å². The molecule has 0 aliphatic rings. The highest BCUT2D eigenvalue weighted by Gasteiger charge is 2.15. The number of aromatic carboxylic acids is 1. The third-order valence-corrected chi connectivity index (χ3v) is 3.06. The van der Waals surface area contributed by atoms with Crippen molar-refractivity contribution in [3.8, 4) is 0 Å². The van der Waals surface area contributed by atoms with E-state index in [1.54, 1.807) is 0 Å². The number of aromatic nitrogens is 1. The molecule has 0 spiro atoms. The van der Waals surface area contributed by atoms with Gasteiger partial charge < -0.3 is 14.6 Å². The topological polar surface area (TPSA) is 62.5 Å². The fourth-order valence-corrected chi connectivity index (χ4v) is 2.06. The van der Waals surface area contributed by atoms with Gasteiger partial charge in [0.25, 0.3) is 0 Å². The first kappa shape index (κ1) is 14.2. The van der Waals surface area contributed by atoms with Crippen molar-refractivity contribution < 1.29 is 14.3 Å². The number of benzene rings is 1. The van der Waals surface area contributed by atoms with E-state index in [9.17, 15) is 19.1 Å². The lowest BCUT2D eigenvalue weighted by atomic mass is 10.1. The van der Waals surface area contributed by atoms with Gasteiger partial charge in [0.05, 0.1) is 5.52 Å². The summed E-state index contributed by atoms with van der Waals surface area (Å²) in [6.45, 7) is 0.934. The number of nitrogens with zero attached hydrogens (tertiary/aromatic N) is 2. The van der Waals surface area contributed by atoms with Crippen LogP contribution in [0.1, 0.15) is 10.5 Å². The molecule has 5 nitrogen and oxygen atoms in total. The maximum Gasteiger partial charge on any atom is 0.352 e. The second-order valence-electron chi connectivity index (χ2n) is 4.82. The number of pyridine rings is 1. The van der Waals surface area contributed by atoms with E-state index >= 15 is 0 Å². The smallest absolute Gasteiger partial charge is 0.352 e. The van der Waals surface area contributed by atoms with Crippen LogP contribution >= 0.6 is 0 Å². The van der Waals surface area contributed by atoms with E-state index in [1.165, 1.54) is 22.8 Å². The Hall–Kier alpha value is -2.21. The van der Waals surface area contributed by atoms with Gasteiger partial charge in [-0.2, -0.15) is 0 Å². The zero-order valence-electron chi connectivity index (χ0n) is 11.3. The quantitative estimate of drug-likeness (QED) is 0.918. The van der Waals surface area contributed by atoms with Gasteiger partial charge in [0.1, 0.15) is 11.5 Å². The van der Waals surface area contributed by atoms with Gasteiger partial charge in [-0.25, -0.2) is 9.18 Å². The van der Waals surface area contributed by atoms with Crippen molar-refractivity contribution >= 4 is 16.9 Å². The highest BCUT2D eigenvalue weighted by atomic mass is 19.1. The summed E-state index contributed by atoms with van der Waals surface area (Å²) in [7, 11) is 3.71. The Labute approximate surface area is 114 Å². The van der Waals surface area contributed by atoms with Gasteiger partial charge in [0.15, 0.2) is 5.43 Å². The highest BCUT2D eigenvalue weighted by molar-refractivity contribution is 5.90. The van der Waals surface area contributed by atoms with Gasteiger partial charge in [0.2, 0.25) is 0 Å². The molecule has 0 unspecified atom stereocenters. The van der Waals surface area contributed by atoms with Crippen LogP contribution in [0.3, 0.4) is 0 Å². The van der Waals surface area contributed by atoms with Gasteiger partial charge in [0, 0.05) is 24.5 Å². The number of carbonyl (C=O) groups is 1. The largest absolute Gasteiger partial charge is 0.477 e. The van der Waals surface area contributed by atoms with Crippen molar-refractivity contribution in [1.29, 1.82) is 0 Å². The predicted octanol–water partition coefficient (Wildman–Crippen LogP) is 1.40. The lowest BCUT2D eigenvalue weighted by Gasteiger charge is -2.17. The Morgan fingerprint density at radius 1 is 1.35 bits per heavy atom. The SMILES string of the molecule is CN(C)CCn1c(C(=O)O)cc(=O)c2ccc(F)cc21. The number of fused-ring (bicyclic) bond motifs is 1. The standard InChI is InChI=1S/C14H15FN2O3/c1-16(2)5-6-17-11-7-9(15)3-4-10(11)13(18)8-12(17)14(19)20/h3-4,7-8H,5-6H2,1-2H3,(H,19,20). The van der Waals surface area contributed by atoms with E-state index in [2.05, 4.69) is 0 Å². The molecule has 0 radical (unpaired) electrons. The molecule has 0 atom stereocenters. The molecule has 0 fully saturated rings. The number of hydrogen-bond donors (Lipinski definition) is 1. The van der Waals surface area contributed by atoms with Crippen LogP contribution in [-0.4, -0.2) is 41.2 Å². The second kappa shape index (κ2) is 5.42. The predicted molar refractivity (Wildman–Crippen MR) is 73.7 cm³/mol. The second-order valence-corrected chi connectivity index (χ2v) is 4.82. The average molecular weight is 278 g/mol. The molecular weight excluding hydrogens is 263 g/mol. The number of carboxylic acids is 1. The molecule has 0 saturated heterocycles. The fourth-order valence-electron chi connectivity index (χ4n) is 2.06. The lowest BCUT2D eigenvalue weighted by Crippen LogP contribution is -2.24. The minimum atomic E-state index is -1.20. The molecule has 0 bridgehead atoms. The van der Waals surface area contributed by atoms with Gasteiger partial charge in [-0.15, -0.1) is 0 Å². The lowest BCUT2D eigenvalue weighted by molar-refractivity contribution is 0.0684. The van der Waals surface area contributed by atoms with Gasteiger partial charge in [-0.05, 0) is 32.3 Å². The minimum Gasteiger partial charge on any atom is -0.477 e. The fraction of sp³-hybridized carbons (Fsp3) is 0.286. The maximum atomic E-state index is 13.4. The Bertz CT molecular complexity index is 722. The average Bonchev–Trinajstić information content (AvgIpc) is 2.36. The normalized spacial score (nSPS) is 11.2. The van der Waals surface area contributed by atoms with Crippen molar-refractivity contribution in [2.24, 2.45) is 0 Å². The summed E-state index contributed by atoms with van der Waals surface area (Å²) in [5, 5.41) is 9.53. The summed E-state index contributed by atoms with van der Waals surface area (Å²) >= 11 is 0. The summed E-state index contributed by atoms with van der Waals surface area (Å²) in [4.78, 5) is 25.1. The molecular formula is C14H15FN2O3. The monoisotopic (exact) mass is 278 g/mol. The number of halogens is 1. The van der Waals surface area contributed by atoms with E-state index in [-0.39, 0.29) is 5.69 Å². The van der Waals surface area contributed by atoms with Gasteiger partial charge >= 0.3 is 5.97 Å². The van der Waals surface area contributed by atoms with Crippen LogP contribution in [0.25, 0.3) is 10.9 Å². The van der Waals surface area contributed by atoms with Crippen LogP contribution in [0.15, 0.2) is 29.1 Å². The Balaban J connectivity index is 2.73. The van der Waals surface area contributed by atoms with Gasteiger partial charge in [-0.3, -0.25) is 4.79 Å². The maximum absolute atomic E-state index is 13.4. The van der Waals surface area contributed by atoms with E-state index < -0.39 is 17.2 Å². The van der Waals surface area contributed by atoms with Crippen LogP contribution in [0.2, 0.25) is 0 Å². The van der Waals surface area contributed by atoms with Crippen molar-refractivity contribution in [1.82, 2.24) is 9.47 Å². The van der Waals surface area contributed by atoms with Crippen LogP contribution in [0.4, 0.5) is 4.39 Å². The van der Waals surface area contributed by atoms with Crippen LogP contribution < -0.4 is 5.43 Å². The molecule has 1 N–H and O–H groups in total. The number of carboxylic acid groups (broad SMARTS) is 1. The summed E-state index contributed by atoms with van der Waals surface area (Å²) in [5.41, 5.74) is -0.245. The first-order chi connectivity index (χ1) is 9.40. The molecule has 106 valence electrons. The first-order valence-corrected chi connectivity index (χ1v) is 6.11. The van der Waals surface area contributed by atoms with E-state index in [1.807, 2.05) is 19.0 Å². The Kier molecular flexibility index (Phi) is 3.85. The zero-order chi connectivity index (χ0) is 14.9. The first-order valence-electron chi connectivity index (χ1n) is 6.11. The summed E-state index contributed by atoms with van der Waals surface area (Å²) in [6.07, 6.45) is 0. The van der Waals surface area contributed by atoms with Crippen LogP contribution in [0, 0.1) is 5.82 Å². The third-order valence-electron chi connectivity index (χ3n) is 3.06. The summed E-state index contributed by atoms with van der Waals surface area (Å²) in [5.74, 6) is -1.70. The molecule has 0 aliphatic heterocycles. The molecule has 0 amide bonds. The van der Waals surface area contributed by atoms with E-state index in [0.29, 0.717) is 24.0 Å². The van der Waals surface area contributed by atoms with Crippen molar-refractivity contribution in [2.75, 3.05) is 20.6 Å². The summed E-state index contributed by atoms with van der Waals surface area (Å²) < 4.78 is 14.9. The molecule has 1 aromatic heterocycles. The third kappa shape index (κ3) is 2.70. The van der Waals surface area contributed by atoms with Gasteiger partial charge in [-0.1, -0.05) is 0 Å². The van der Waals surface area contributed by atoms with E-state index in [4.69, 9.17) is 0 Å². The number of likely N-dealkylation sites (N-methyl/N-ethyl adjacent to an activating group) is 1. The minimum absolute atomic E-state index is 0.130. The number of hydrogen-bond acceptors (Lipinski definition) is 3. The molecule has 2 rings (SSSR count). The molecule has 0 aliphatic carbocycles. The summed E-state index contributed by atoms with van der Waals surface area (Å²) in [6, 6.07) is 4.85. The molecule has 1 aromatic carbocycles. The van der Waals surface area contributed by atoms with Crippen LogP contribution in [0.5, 0.6) is 0 Å². The number of rotatable bonds is 4. The Morgan fingerprint density at radius 2 is 2.05 bits per heavy atom. The molecule has 1 heterocycles. The molecule has 0 saturated carbocycles. The molecule has 20 heavy (non-hydrogen) atoms. The Morgan fingerprint density at radius 3 is 2.65 bits per heavy atom. The van der Waals surface area contributed by atoms with Crippen molar-refractivity contribution in [2.45, 2.75) is 6.54 Å². The zero-order valence-corrected chi connectivity index (χ0v) is 11.3. The van der Waals surface area contributed by atoms with Crippen LogP contribution in [-0.2, 0) is 6.54 Å². The van der Waals surface area contributed by atoms with E-state index in [0.717, 1.165) is 6.07 Å². The molecule has 6 heteroatoms. The highest BCUT2D eigenvalue weighted by Crippen LogP contribution is 2.15. The molecule has 2 aromatic rings.